The van der Waals surface area contributed by atoms with Gasteiger partial charge in [0.1, 0.15) is 6.61 Å². The molecular weight excluding hydrogens is 1040 g/mol. The first-order valence-electron chi connectivity index (χ1n) is 27.8. The third-order valence-electron chi connectivity index (χ3n) is 20.6. The number of carbonyl (C=O) groups excluding carboxylic acids is 4. The molecule has 420 valence electrons. The Hall–Kier alpha value is -3.43. The van der Waals surface area contributed by atoms with Crippen molar-refractivity contribution in [1.29, 1.82) is 0 Å². The fourth-order valence-corrected chi connectivity index (χ4v) is 18.7. The molecular formula is C59H78N2O13S3. The molecule has 0 spiro atoms. The zero-order chi connectivity index (χ0) is 55.1. The van der Waals surface area contributed by atoms with Gasteiger partial charge >= 0.3 is 0 Å². The minimum absolute atomic E-state index is 0.0111. The van der Waals surface area contributed by atoms with Crippen LogP contribution in [-0.4, -0.2) is 119 Å². The van der Waals surface area contributed by atoms with Gasteiger partial charge in [0.05, 0.1) is 62.4 Å². The number of Topliss-reactive ketones (excluding diaryl/α,β-unsaturated/α-hetero) is 2. The van der Waals surface area contributed by atoms with Crippen LogP contribution in [0.25, 0.3) is 0 Å². The summed E-state index contributed by atoms with van der Waals surface area (Å²) in [6, 6.07) is 3.78. The molecule has 6 saturated carbocycles. The number of allylic oxidation sites excluding steroid dienone is 8. The summed E-state index contributed by atoms with van der Waals surface area (Å²) < 4.78 is 39.1. The monoisotopic (exact) mass is 1120 g/mol. The molecule has 77 heavy (non-hydrogen) atoms. The Labute approximate surface area is 463 Å². The molecule has 10 aliphatic rings. The molecule has 0 aromatic carbocycles. The summed E-state index contributed by atoms with van der Waals surface area (Å²) in [6.07, 6.45) is 23.0. The van der Waals surface area contributed by atoms with Crippen LogP contribution in [0.5, 0.6) is 0 Å². The third-order valence-corrected chi connectivity index (χ3v) is 22.1. The van der Waals surface area contributed by atoms with Crippen molar-refractivity contribution >= 4 is 57.6 Å². The number of rotatable bonds is 12. The molecule has 8 aliphatic carbocycles. The van der Waals surface area contributed by atoms with Gasteiger partial charge in [-0.1, -0.05) is 64.8 Å². The molecule has 2 saturated heterocycles. The average molecular weight is 1120 g/mol. The number of aliphatic hydroxyl groups is 2. The lowest BCUT2D eigenvalue weighted by atomic mass is 9.46. The summed E-state index contributed by atoms with van der Waals surface area (Å²) in [7, 11) is -3.83. The Balaban J connectivity index is 0.000000166. The Morgan fingerprint density at radius 2 is 1.19 bits per heavy atom. The van der Waals surface area contributed by atoms with Crippen molar-refractivity contribution in [2.24, 2.45) is 69.0 Å². The lowest BCUT2D eigenvalue weighted by Crippen LogP contribution is -2.63. The molecule has 0 radical (unpaired) electrons. The van der Waals surface area contributed by atoms with Gasteiger partial charge in [0.15, 0.2) is 34.3 Å². The highest BCUT2D eigenvalue weighted by Crippen LogP contribution is 2.72. The number of carbonyl (C=O) groups is 4. The minimum Gasteiger partial charge on any atom is -0.472 e. The third kappa shape index (κ3) is 9.35. The lowest BCUT2D eigenvalue weighted by molar-refractivity contribution is -0.254. The highest BCUT2D eigenvalue weighted by Gasteiger charge is 2.77. The average Bonchev–Trinajstić information content (AvgIpc) is 3.79. The maximum atomic E-state index is 14.1. The first-order chi connectivity index (χ1) is 36.5. The summed E-state index contributed by atoms with van der Waals surface area (Å²) in [5.74, 6) is 2.78. The normalized spacial score (nSPS) is 41.4. The van der Waals surface area contributed by atoms with Crippen LogP contribution in [0.4, 0.5) is 0 Å². The van der Waals surface area contributed by atoms with Gasteiger partial charge in [-0.05, 0) is 123 Å². The molecule has 2 aromatic rings. The summed E-state index contributed by atoms with van der Waals surface area (Å²) >= 11 is 5.44. The summed E-state index contributed by atoms with van der Waals surface area (Å²) in [5, 5.41) is 27.3. The molecule has 2 aliphatic heterocycles. The quantitative estimate of drug-likeness (QED) is 0.135. The molecule has 0 bridgehead atoms. The minimum atomic E-state index is -3.83. The van der Waals surface area contributed by atoms with Crippen molar-refractivity contribution in [1.82, 2.24) is 10.1 Å². The van der Waals surface area contributed by atoms with E-state index >= 15 is 0 Å². The van der Waals surface area contributed by atoms with E-state index in [9.17, 15) is 37.8 Å². The van der Waals surface area contributed by atoms with Gasteiger partial charge in [0, 0.05) is 69.5 Å². The van der Waals surface area contributed by atoms with Crippen LogP contribution in [0, 0.1) is 69.0 Å². The second-order valence-corrected chi connectivity index (χ2v) is 28.2. The first kappa shape index (κ1) is 56.8. The number of fused-ring (bicyclic) bond motifs is 14. The number of hydrogen-bond acceptors (Lipinski definition) is 17. The smallest absolute Gasteiger partial charge is 0.264 e. The van der Waals surface area contributed by atoms with E-state index in [4.69, 9.17) is 22.7 Å². The molecule has 0 amide bonds. The fraction of sp³-hybridized carbons (Fsp3) is 0.661. The number of nitrogens with zero attached hydrogens (tertiary/aromatic N) is 2. The van der Waals surface area contributed by atoms with Crippen LogP contribution < -0.4 is 0 Å². The van der Waals surface area contributed by atoms with E-state index in [2.05, 4.69) is 40.3 Å². The molecule has 15 nitrogen and oxygen atoms in total. The molecule has 18 heteroatoms. The number of thioether (sulfide) groups is 1. The molecule has 16 atom stereocenters. The largest absolute Gasteiger partial charge is 0.472 e. The van der Waals surface area contributed by atoms with E-state index in [1.807, 2.05) is 43.2 Å². The summed E-state index contributed by atoms with van der Waals surface area (Å²) in [6.45, 7) is 14.3. The van der Waals surface area contributed by atoms with Crippen LogP contribution in [0.3, 0.4) is 0 Å². The van der Waals surface area contributed by atoms with Gasteiger partial charge in [0.25, 0.3) is 10.1 Å². The molecule has 2 aromatic heterocycles. The maximum absolute atomic E-state index is 14.1. The Morgan fingerprint density at radius 3 is 1.60 bits per heavy atom. The fourth-order valence-electron chi connectivity index (χ4n) is 17.8. The Kier molecular flexibility index (Phi) is 15.6. The Morgan fingerprint density at radius 1 is 0.753 bits per heavy atom. The molecule has 0 unspecified atom stereocenters. The van der Waals surface area contributed by atoms with Gasteiger partial charge in [-0.15, -0.1) is 0 Å². The number of hydrogen-bond donors (Lipinski definition) is 3. The summed E-state index contributed by atoms with van der Waals surface area (Å²) in [5.41, 5.74) is 0.0458. The highest BCUT2D eigenvalue weighted by atomic mass is 32.2. The molecule has 8 fully saturated rings. The van der Waals surface area contributed by atoms with Crippen molar-refractivity contribution in [3.05, 3.63) is 95.9 Å². The SMILES string of the molecule is CCS.CCSCC(=O)[C@@]12ON(Cc3ccoc3)C[C@@H]1C[C@H]1[C@@H]3CCC4=CC(=O)C=C[C@]4(C)[C@H]3[C@@H](O)C[C@@]12C.C[C@]12C=CC(=O)C=C1CC[C@@H]1[C@@H]2[C@@H](O)C[C@@]2(C)[C@H]1C[C@H]1CN(Cc3ccoc3)O[C@]12C(=O)COS(C)(=O)=O. The van der Waals surface area contributed by atoms with E-state index in [1.165, 1.54) is 0 Å². The molecule has 12 rings (SSSR count). The van der Waals surface area contributed by atoms with Crippen molar-refractivity contribution in [3.8, 4) is 0 Å². The second kappa shape index (κ2) is 21.2. The van der Waals surface area contributed by atoms with E-state index in [0.717, 1.165) is 78.6 Å². The zero-order valence-electron chi connectivity index (χ0n) is 45.6. The number of ketones is 4. The lowest BCUT2D eigenvalue weighted by Gasteiger charge is -2.60. The molecule has 4 heterocycles. The van der Waals surface area contributed by atoms with E-state index in [-0.39, 0.29) is 58.3 Å². The Bertz CT molecular complexity index is 2830. The number of hydroxylamine groups is 4. The van der Waals surface area contributed by atoms with Crippen molar-refractivity contribution in [3.63, 3.8) is 0 Å². The maximum Gasteiger partial charge on any atom is 0.264 e. The van der Waals surface area contributed by atoms with Crippen LogP contribution in [-0.2, 0) is 56.2 Å². The van der Waals surface area contributed by atoms with E-state index < -0.39 is 62.2 Å². The predicted octanol–water partition coefficient (Wildman–Crippen LogP) is 8.34. The number of thiol groups is 1. The number of furan rings is 2. The van der Waals surface area contributed by atoms with Crippen LogP contribution in [0.15, 0.2) is 93.6 Å². The highest BCUT2D eigenvalue weighted by molar-refractivity contribution is 7.99. The van der Waals surface area contributed by atoms with Gasteiger partial charge < -0.3 is 19.0 Å². The van der Waals surface area contributed by atoms with Gasteiger partial charge in [-0.3, -0.25) is 33.0 Å². The standard InChI is InChI=1S/C29H37NO5S.C28H35NO8S.C2H6S/c1-4-36-17-25(33)29-20(15-30(35-29)14-18-8-10-34-16-18)12-23-22-6-5-19-11-21(31)7-9-27(19,2)26(22)24(32)13-28(23,29)3;1-26-8-6-20(30)10-18(26)4-5-21-22-11-19-14-29(13-17-7-9-35-15-17)37-28(19,24(32)16-36-38(3,33)34)27(22,2)12-23(31)25(21)26;1-2-3/h7-11,16,20,22-24,26,32H,4-6,12-15,17H2,1-3H3;6-10,15,19,21-23,25,31H,4-5,11-14,16H2,1-3H3;3H,2H2,1H3/t20-,22-,23-,24-,26+,27-,28-,29-;19-,21-,22-,23-,25+,26-,27-,28-;/m00./s1. The number of aliphatic hydroxyl groups excluding tert-OH is 2. The van der Waals surface area contributed by atoms with Gasteiger partial charge in [-0.2, -0.15) is 42.9 Å². The van der Waals surface area contributed by atoms with Crippen LogP contribution in [0.1, 0.15) is 104 Å². The van der Waals surface area contributed by atoms with Crippen molar-refractivity contribution in [2.75, 3.05) is 43.2 Å². The van der Waals surface area contributed by atoms with E-state index in [0.29, 0.717) is 56.6 Å². The molecule has 2 N–H and O–H groups in total. The predicted molar refractivity (Wildman–Crippen MR) is 293 cm³/mol. The topological polar surface area (TPSA) is 203 Å². The summed E-state index contributed by atoms with van der Waals surface area (Å²) in [4.78, 5) is 65.7. The zero-order valence-corrected chi connectivity index (χ0v) is 48.1. The van der Waals surface area contributed by atoms with Crippen molar-refractivity contribution in [2.45, 2.75) is 129 Å². The van der Waals surface area contributed by atoms with Gasteiger partial charge in [-0.25, -0.2) is 0 Å². The van der Waals surface area contributed by atoms with Crippen LogP contribution in [0.2, 0.25) is 0 Å². The van der Waals surface area contributed by atoms with Gasteiger partial charge in [0.2, 0.25) is 0 Å². The second-order valence-electron chi connectivity index (χ2n) is 24.6. The van der Waals surface area contributed by atoms with Crippen LogP contribution >= 0.6 is 24.4 Å². The first-order valence-corrected chi connectivity index (χ1v) is 31.4. The van der Waals surface area contributed by atoms with E-state index in [1.54, 1.807) is 66.2 Å². The van der Waals surface area contributed by atoms with Crippen molar-refractivity contribution < 1.29 is 60.5 Å².